The van der Waals surface area contributed by atoms with Crippen molar-refractivity contribution in [1.29, 1.82) is 0 Å². The minimum absolute atomic E-state index is 0.0264. The molecule has 3 aromatic carbocycles. The summed E-state index contributed by atoms with van der Waals surface area (Å²) in [6, 6.07) is 16.0. The number of piperidine rings is 1. The van der Waals surface area contributed by atoms with Gasteiger partial charge in [-0.05, 0) is 146 Å². The molecular formula is C49H57ClN10O10. The molecule has 0 spiro atoms. The molecule has 1 atom stereocenters. The fourth-order valence-corrected chi connectivity index (χ4v) is 8.22. The van der Waals surface area contributed by atoms with Gasteiger partial charge < -0.3 is 39.5 Å². The van der Waals surface area contributed by atoms with Crippen molar-refractivity contribution < 1.29 is 47.8 Å². The van der Waals surface area contributed by atoms with Gasteiger partial charge in [0.05, 0.1) is 22.8 Å². The zero-order valence-corrected chi connectivity index (χ0v) is 41.3. The number of likely N-dealkylation sites (tertiary alicyclic amines) is 1. The van der Waals surface area contributed by atoms with Crippen LogP contribution in [0.15, 0.2) is 73.1 Å². The highest BCUT2D eigenvalue weighted by Gasteiger charge is 2.41. The maximum atomic E-state index is 14.6. The molecule has 0 bridgehead atoms. The van der Waals surface area contributed by atoms with Crippen LogP contribution in [0.4, 0.5) is 26.7 Å². The van der Waals surface area contributed by atoms with Crippen molar-refractivity contribution in [3.63, 3.8) is 0 Å². The molecule has 7 rings (SSSR count). The van der Waals surface area contributed by atoms with E-state index < -0.39 is 52.6 Å². The number of esters is 2. The minimum Gasteiger partial charge on any atom is -0.460 e. The molecule has 2 N–H and O–H groups in total. The number of hydrogen-bond donors (Lipinski definition) is 2. The summed E-state index contributed by atoms with van der Waals surface area (Å²) in [6.45, 7) is 16.3. The molecule has 0 aliphatic carbocycles. The molecule has 2 aliphatic rings. The van der Waals surface area contributed by atoms with Crippen LogP contribution in [0.25, 0.3) is 16.6 Å². The molecule has 0 unspecified atom stereocenters. The summed E-state index contributed by atoms with van der Waals surface area (Å²) in [4.78, 5) is 100. The van der Waals surface area contributed by atoms with Crippen molar-refractivity contribution in [2.45, 2.75) is 104 Å². The Labute approximate surface area is 409 Å². The van der Waals surface area contributed by atoms with Crippen molar-refractivity contribution in [3.8, 4) is 5.69 Å². The highest BCUT2D eigenvalue weighted by molar-refractivity contribution is 6.41. The number of nitrogens with zero attached hydrogens (tertiary/aromatic N) is 8. The van der Waals surface area contributed by atoms with Crippen molar-refractivity contribution in [2.24, 2.45) is 5.92 Å². The number of tetrazole rings is 1. The lowest BCUT2D eigenvalue weighted by Crippen LogP contribution is -2.60. The number of fused-ring (bicyclic) bond motifs is 1. The predicted octanol–water partition coefficient (Wildman–Crippen LogP) is 7.02. The quantitative estimate of drug-likeness (QED) is 0.0815. The third-order valence-electron chi connectivity index (χ3n) is 11.2. The number of carbonyl (C=O) groups excluding carboxylic acids is 7. The van der Waals surface area contributed by atoms with Crippen LogP contribution in [0.5, 0.6) is 0 Å². The van der Waals surface area contributed by atoms with Gasteiger partial charge in [-0.2, -0.15) is 4.68 Å². The van der Waals surface area contributed by atoms with Crippen molar-refractivity contribution >= 4 is 81.4 Å². The van der Waals surface area contributed by atoms with Gasteiger partial charge in [0.2, 0.25) is 5.91 Å². The first-order valence-corrected chi connectivity index (χ1v) is 23.2. The van der Waals surface area contributed by atoms with Crippen LogP contribution >= 0.6 is 11.6 Å². The molecule has 0 radical (unpaired) electrons. The number of rotatable bonds is 10. The first-order chi connectivity index (χ1) is 32.8. The van der Waals surface area contributed by atoms with Gasteiger partial charge in [-0.15, -0.1) is 5.10 Å². The maximum absolute atomic E-state index is 14.6. The SMILES string of the molecule is CC(C)(C)OC(=O)c1cc2cc(NC(=O)[C@H](Cc3ccc(NC(=O)N4CCC(C(=O)OC(C)(C)C)CC4)cc3)N3CCN(c4cc(Cl)ccc4-n4cnnn4)C(=O)C3=O)ccc2n1C(=O)OC(C)(C)C. The highest BCUT2D eigenvalue weighted by atomic mass is 35.5. The molecule has 2 aromatic heterocycles. The fraction of sp³-hybridized carbons (Fsp3) is 0.429. The van der Waals surface area contributed by atoms with Crippen LogP contribution in [0.3, 0.4) is 0 Å². The molecule has 2 saturated heterocycles. The van der Waals surface area contributed by atoms with Gasteiger partial charge in [-0.1, -0.05) is 23.7 Å². The normalized spacial score (nSPS) is 15.4. The van der Waals surface area contributed by atoms with E-state index >= 15 is 0 Å². The molecule has 70 heavy (non-hydrogen) atoms. The Bertz CT molecular complexity index is 2820. The zero-order valence-electron chi connectivity index (χ0n) is 40.6. The van der Waals surface area contributed by atoms with Crippen LogP contribution in [-0.2, 0) is 39.8 Å². The lowest BCUT2D eigenvalue weighted by Gasteiger charge is -2.38. The van der Waals surface area contributed by atoms with E-state index in [2.05, 4.69) is 26.2 Å². The minimum atomic E-state index is -1.25. The van der Waals surface area contributed by atoms with E-state index in [9.17, 15) is 33.6 Å². The Morgan fingerprint density at radius 3 is 2.01 bits per heavy atom. The molecule has 20 nitrogen and oxygen atoms in total. The first-order valence-electron chi connectivity index (χ1n) is 22.8. The summed E-state index contributed by atoms with van der Waals surface area (Å²) in [6.07, 6.45) is 1.42. The van der Waals surface area contributed by atoms with E-state index in [0.717, 1.165) is 4.57 Å². The number of anilines is 3. The van der Waals surface area contributed by atoms with E-state index in [1.165, 1.54) is 32.9 Å². The number of benzene rings is 3. The van der Waals surface area contributed by atoms with Crippen LogP contribution in [0.1, 0.15) is 91.2 Å². The van der Waals surface area contributed by atoms with Crippen molar-refractivity contribution in [1.82, 2.24) is 34.6 Å². The van der Waals surface area contributed by atoms with Gasteiger partial charge in [0.15, 0.2) is 0 Å². The second-order valence-electron chi connectivity index (χ2n) is 20.1. The second-order valence-corrected chi connectivity index (χ2v) is 20.5. The Morgan fingerprint density at radius 2 is 1.39 bits per heavy atom. The topological polar surface area (TPSA) is 229 Å². The average molecular weight is 982 g/mol. The van der Waals surface area contributed by atoms with Crippen LogP contribution in [0.2, 0.25) is 5.02 Å². The Hall–Kier alpha value is -7.35. The van der Waals surface area contributed by atoms with Gasteiger partial charge in [0, 0.05) is 54.4 Å². The van der Waals surface area contributed by atoms with Gasteiger partial charge in [0.1, 0.15) is 34.9 Å². The summed E-state index contributed by atoms with van der Waals surface area (Å²) in [5.41, 5.74) is -0.161. The molecular weight excluding hydrogens is 924 g/mol. The maximum Gasteiger partial charge on any atom is 0.419 e. The second kappa shape index (κ2) is 19.9. The lowest BCUT2D eigenvalue weighted by atomic mass is 9.97. The largest absolute Gasteiger partial charge is 0.460 e. The fourth-order valence-electron chi connectivity index (χ4n) is 8.06. The molecule has 4 heterocycles. The van der Waals surface area contributed by atoms with Crippen LogP contribution < -0.4 is 15.5 Å². The third-order valence-corrected chi connectivity index (χ3v) is 11.4. The first kappa shape index (κ1) is 50.5. The summed E-state index contributed by atoms with van der Waals surface area (Å²) >= 11 is 6.37. The van der Waals surface area contributed by atoms with E-state index in [1.54, 1.807) is 101 Å². The number of urea groups is 1. The van der Waals surface area contributed by atoms with Crippen molar-refractivity contribution in [2.75, 3.05) is 41.7 Å². The molecule has 370 valence electrons. The van der Waals surface area contributed by atoms with E-state index in [-0.39, 0.29) is 54.5 Å². The number of hydrogen-bond acceptors (Lipinski definition) is 13. The molecule has 5 amide bonds. The molecule has 2 fully saturated rings. The van der Waals surface area contributed by atoms with E-state index in [1.807, 2.05) is 20.8 Å². The van der Waals surface area contributed by atoms with Gasteiger partial charge in [0.25, 0.3) is 0 Å². The van der Waals surface area contributed by atoms with Crippen molar-refractivity contribution in [3.05, 3.63) is 89.3 Å². The van der Waals surface area contributed by atoms with E-state index in [4.69, 9.17) is 25.8 Å². The van der Waals surface area contributed by atoms with Gasteiger partial charge in [-0.25, -0.2) is 19.0 Å². The number of aromatic nitrogens is 5. The number of halogens is 1. The number of amides is 5. The molecule has 5 aromatic rings. The third kappa shape index (κ3) is 12.1. The van der Waals surface area contributed by atoms with Gasteiger partial charge in [-0.3, -0.25) is 19.2 Å². The number of ether oxygens (including phenoxy) is 3. The van der Waals surface area contributed by atoms with Crippen LogP contribution in [-0.4, -0.2) is 125 Å². The Balaban J connectivity index is 1.14. The summed E-state index contributed by atoms with van der Waals surface area (Å²) in [5, 5.41) is 17.8. The zero-order chi connectivity index (χ0) is 50.9. The lowest BCUT2D eigenvalue weighted by molar-refractivity contribution is -0.161. The Morgan fingerprint density at radius 1 is 0.729 bits per heavy atom. The highest BCUT2D eigenvalue weighted by Crippen LogP contribution is 2.32. The predicted molar refractivity (Wildman–Crippen MR) is 259 cm³/mol. The summed E-state index contributed by atoms with van der Waals surface area (Å²) < 4.78 is 19.3. The summed E-state index contributed by atoms with van der Waals surface area (Å²) in [7, 11) is 0. The van der Waals surface area contributed by atoms with Gasteiger partial charge >= 0.3 is 35.9 Å². The number of nitrogens with one attached hydrogen (secondary N) is 2. The molecule has 0 saturated carbocycles. The summed E-state index contributed by atoms with van der Waals surface area (Å²) in [5.74, 6) is -3.86. The molecule has 2 aliphatic heterocycles. The van der Waals surface area contributed by atoms with E-state index in [0.29, 0.717) is 58.8 Å². The van der Waals surface area contributed by atoms with Crippen LogP contribution in [0, 0.1) is 5.92 Å². The molecule has 21 heteroatoms. The number of piperazine rings is 1. The standard InChI is InChI=1S/C49H57ClN10O10/c1-47(2,3)68-43(64)30-18-20-56(21-19-30)45(66)53-33-13-10-29(11-14-33)24-38(58-23-22-57(41(62)42(58)63)37-27-32(50)12-16-36(37)59-28-51-54-55-59)40(61)52-34-15-17-35-31(25-34)26-39(44(65)69-48(4,5)6)60(35)46(67)70-49(7,8)9/h10-17,25-28,30,38H,18-24H2,1-9H3,(H,52,61)(H,53,66)/t38-/m0/s1. The Kier molecular flexibility index (Phi) is 14.4. The monoisotopic (exact) mass is 980 g/mol. The smallest absolute Gasteiger partial charge is 0.419 e. The number of carbonyl (C=O) groups is 7. The average Bonchev–Trinajstić information content (AvgIpc) is 3.95.